The number of amides is 3. The van der Waals surface area contributed by atoms with E-state index >= 15 is 0 Å². The number of nitrogens with zero attached hydrogens (tertiary/aromatic N) is 2. The number of hydroxylamine groups is 2. The maximum absolute atomic E-state index is 12.3. The number of ketones is 1. The number of hydrogen-bond donors (Lipinski definition) is 3. The van der Waals surface area contributed by atoms with Gasteiger partial charge in [0.1, 0.15) is 17.3 Å². The van der Waals surface area contributed by atoms with Gasteiger partial charge < -0.3 is 10.1 Å². The third kappa shape index (κ3) is 5.50. The van der Waals surface area contributed by atoms with Crippen molar-refractivity contribution in [1.82, 2.24) is 15.4 Å². The number of aromatic nitrogens is 1. The SMILES string of the molecule is CC(C)(C)OC(=O)Nc1nc(C(=O)C(=O)NC2C(=O)N(OS(=O)(=O)O)C2(C)C)cs1. The van der Waals surface area contributed by atoms with Gasteiger partial charge in [0, 0.05) is 5.38 Å². The van der Waals surface area contributed by atoms with E-state index in [0.29, 0.717) is 5.06 Å². The van der Waals surface area contributed by atoms with Crippen LogP contribution < -0.4 is 10.6 Å². The Kier molecular flexibility index (Phi) is 6.23. The summed E-state index contributed by atoms with van der Waals surface area (Å²) in [5.74, 6) is -3.24. The van der Waals surface area contributed by atoms with E-state index < -0.39 is 51.3 Å². The second-order valence-electron chi connectivity index (χ2n) is 7.69. The van der Waals surface area contributed by atoms with Gasteiger partial charge in [-0.15, -0.1) is 15.6 Å². The van der Waals surface area contributed by atoms with Gasteiger partial charge in [-0.3, -0.25) is 24.3 Å². The zero-order valence-electron chi connectivity index (χ0n) is 16.6. The Balaban J connectivity index is 2.01. The molecule has 3 amide bonds. The fraction of sp³-hybridized carbons (Fsp3) is 0.533. The lowest BCUT2D eigenvalue weighted by atomic mass is 9.84. The van der Waals surface area contributed by atoms with Crippen LogP contribution in [0.2, 0.25) is 0 Å². The number of ether oxygens (including phenoxy) is 1. The van der Waals surface area contributed by atoms with Crippen LogP contribution in [0.1, 0.15) is 45.1 Å². The van der Waals surface area contributed by atoms with E-state index in [1.54, 1.807) is 20.8 Å². The summed E-state index contributed by atoms with van der Waals surface area (Å²) < 4.78 is 39.5. The van der Waals surface area contributed by atoms with Crippen LogP contribution in [-0.4, -0.2) is 63.9 Å². The van der Waals surface area contributed by atoms with Crippen molar-refractivity contribution in [3.8, 4) is 0 Å². The minimum Gasteiger partial charge on any atom is -0.444 e. The van der Waals surface area contributed by atoms with E-state index in [2.05, 4.69) is 19.9 Å². The maximum atomic E-state index is 12.3. The summed E-state index contributed by atoms with van der Waals surface area (Å²) in [6.45, 7) is 7.69. The predicted octanol–water partition coefficient (Wildman–Crippen LogP) is 0.513. The minimum atomic E-state index is -4.95. The van der Waals surface area contributed by atoms with Gasteiger partial charge in [-0.05, 0) is 34.6 Å². The molecule has 1 fully saturated rings. The highest BCUT2D eigenvalue weighted by molar-refractivity contribution is 7.80. The van der Waals surface area contributed by atoms with Crippen LogP contribution in [0.15, 0.2) is 5.38 Å². The van der Waals surface area contributed by atoms with Crippen LogP contribution in [0.25, 0.3) is 0 Å². The highest BCUT2D eigenvalue weighted by Gasteiger charge is 2.58. The molecule has 0 radical (unpaired) electrons. The summed E-state index contributed by atoms with van der Waals surface area (Å²) in [4.78, 5) is 52.0. The average Bonchev–Trinajstić information content (AvgIpc) is 3.01. The number of rotatable bonds is 6. The molecule has 0 aromatic carbocycles. The zero-order chi connectivity index (χ0) is 23.1. The molecule has 30 heavy (non-hydrogen) atoms. The van der Waals surface area contributed by atoms with Crippen molar-refractivity contribution < 1.29 is 41.2 Å². The van der Waals surface area contributed by atoms with Gasteiger partial charge in [-0.1, -0.05) is 0 Å². The molecule has 1 atom stereocenters. The summed E-state index contributed by atoms with van der Waals surface area (Å²) in [6, 6.07) is -1.28. The third-order valence-electron chi connectivity index (χ3n) is 3.67. The summed E-state index contributed by atoms with van der Waals surface area (Å²) in [7, 11) is -4.95. The van der Waals surface area contributed by atoms with Gasteiger partial charge in [0.15, 0.2) is 5.13 Å². The number of nitrogens with one attached hydrogen (secondary N) is 2. The first kappa shape index (κ1) is 23.7. The Labute approximate surface area is 175 Å². The highest BCUT2D eigenvalue weighted by Crippen LogP contribution is 2.32. The number of anilines is 1. The first-order valence-corrected chi connectivity index (χ1v) is 10.6. The molecule has 1 aliphatic rings. The first-order valence-electron chi connectivity index (χ1n) is 8.33. The molecule has 1 aromatic heterocycles. The van der Waals surface area contributed by atoms with Gasteiger partial charge in [-0.25, -0.2) is 9.78 Å². The van der Waals surface area contributed by atoms with Crippen molar-refractivity contribution in [2.75, 3.05) is 5.32 Å². The second kappa shape index (κ2) is 7.90. The summed E-state index contributed by atoms with van der Waals surface area (Å²) in [6.07, 6.45) is -0.791. The molecule has 3 N–H and O–H groups in total. The largest absolute Gasteiger partial charge is 0.444 e. The van der Waals surface area contributed by atoms with Gasteiger partial charge in [-0.2, -0.15) is 13.5 Å². The van der Waals surface area contributed by atoms with Crippen LogP contribution in [0.5, 0.6) is 0 Å². The lowest BCUT2D eigenvalue weighted by molar-refractivity contribution is -0.218. The third-order valence-corrected chi connectivity index (χ3v) is 4.77. The molecule has 1 aromatic rings. The highest BCUT2D eigenvalue weighted by atomic mass is 32.3. The fourth-order valence-corrected chi connectivity index (χ4v) is 3.49. The molecule has 1 unspecified atom stereocenters. The van der Waals surface area contributed by atoms with Crippen LogP contribution in [0, 0.1) is 0 Å². The van der Waals surface area contributed by atoms with E-state index in [9.17, 15) is 27.6 Å². The number of hydrogen-bond acceptors (Lipinski definition) is 10. The molecule has 0 bridgehead atoms. The van der Waals surface area contributed by atoms with E-state index in [1.165, 1.54) is 19.2 Å². The lowest BCUT2D eigenvalue weighted by Crippen LogP contribution is -2.76. The van der Waals surface area contributed by atoms with Gasteiger partial charge in [0.05, 0.1) is 5.54 Å². The monoisotopic (exact) mass is 464 g/mol. The van der Waals surface area contributed by atoms with Crippen LogP contribution in [-0.2, 0) is 29.0 Å². The number of carbonyl (C=O) groups excluding carboxylic acids is 4. The van der Waals surface area contributed by atoms with Crippen LogP contribution in [0.4, 0.5) is 9.93 Å². The summed E-state index contributed by atoms with van der Waals surface area (Å²) in [5.41, 5.74) is -2.39. The minimum absolute atomic E-state index is 0.0215. The Morgan fingerprint density at radius 1 is 1.30 bits per heavy atom. The topological polar surface area (TPSA) is 181 Å². The van der Waals surface area contributed by atoms with Crippen molar-refractivity contribution in [2.24, 2.45) is 0 Å². The van der Waals surface area contributed by atoms with Crippen LogP contribution >= 0.6 is 11.3 Å². The van der Waals surface area contributed by atoms with Crippen molar-refractivity contribution in [3.05, 3.63) is 11.1 Å². The molecule has 0 spiro atoms. The lowest BCUT2D eigenvalue weighted by Gasteiger charge is -2.50. The predicted molar refractivity (Wildman–Crippen MR) is 102 cm³/mol. The Bertz CT molecular complexity index is 994. The normalized spacial score (nSPS) is 18.4. The molecular weight excluding hydrogens is 444 g/mol. The fourth-order valence-electron chi connectivity index (χ4n) is 2.36. The Morgan fingerprint density at radius 2 is 1.90 bits per heavy atom. The number of β-lactam (4-membered cyclic amide) rings is 1. The number of Topliss-reactive ketones (excluding diaryl/α,β-unsaturated/α-hetero) is 1. The molecule has 1 aliphatic heterocycles. The Morgan fingerprint density at radius 3 is 2.40 bits per heavy atom. The van der Waals surface area contributed by atoms with Crippen molar-refractivity contribution >= 4 is 50.6 Å². The quantitative estimate of drug-likeness (QED) is 0.232. The van der Waals surface area contributed by atoms with E-state index in [0.717, 1.165) is 11.3 Å². The van der Waals surface area contributed by atoms with Crippen LogP contribution in [0.3, 0.4) is 0 Å². The molecule has 166 valence electrons. The standard InChI is InChI=1S/C15H20N4O9S2/c1-14(2,3)27-13(23)18-12-16-7(6-29-12)8(20)10(21)17-9-11(22)19(15(9,4)5)28-30(24,25)26/h6,9H,1-5H3,(H,17,21)(H,16,18,23)(H,24,25,26). The van der Waals surface area contributed by atoms with Crippen molar-refractivity contribution in [1.29, 1.82) is 0 Å². The van der Waals surface area contributed by atoms with Gasteiger partial charge in [0.25, 0.3) is 17.6 Å². The number of carbonyl (C=O) groups is 4. The van der Waals surface area contributed by atoms with Gasteiger partial charge >= 0.3 is 16.5 Å². The number of thiazole rings is 1. The molecule has 13 nitrogen and oxygen atoms in total. The maximum Gasteiger partial charge on any atom is 0.418 e. The Hall–Kier alpha value is -2.62. The second-order valence-corrected chi connectivity index (χ2v) is 9.55. The first-order chi connectivity index (χ1) is 13.5. The summed E-state index contributed by atoms with van der Waals surface area (Å²) in [5, 5.41) is 6.11. The smallest absolute Gasteiger partial charge is 0.418 e. The van der Waals surface area contributed by atoms with Crippen molar-refractivity contribution in [2.45, 2.75) is 51.8 Å². The zero-order valence-corrected chi connectivity index (χ0v) is 18.2. The van der Waals surface area contributed by atoms with E-state index in [4.69, 9.17) is 9.29 Å². The molecule has 2 heterocycles. The van der Waals surface area contributed by atoms with Gasteiger partial charge in [0.2, 0.25) is 0 Å². The average molecular weight is 464 g/mol. The van der Waals surface area contributed by atoms with E-state index in [-0.39, 0.29) is 10.8 Å². The van der Waals surface area contributed by atoms with E-state index in [1.807, 2.05) is 0 Å². The molecule has 0 aliphatic carbocycles. The molecule has 15 heteroatoms. The molecule has 2 rings (SSSR count). The molecule has 1 saturated heterocycles. The molecule has 0 saturated carbocycles. The molecular formula is C15H20N4O9S2. The summed E-state index contributed by atoms with van der Waals surface area (Å²) >= 11 is 0.882. The van der Waals surface area contributed by atoms with Crippen molar-refractivity contribution in [3.63, 3.8) is 0 Å².